The van der Waals surface area contributed by atoms with Gasteiger partial charge in [0.2, 0.25) is 5.91 Å². The quantitative estimate of drug-likeness (QED) is 0.857. The van der Waals surface area contributed by atoms with Gasteiger partial charge in [0, 0.05) is 24.4 Å². The van der Waals surface area contributed by atoms with E-state index in [-0.39, 0.29) is 11.7 Å². The van der Waals surface area contributed by atoms with Gasteiger partial charge in [-0.2, -0.15) is 5.26 Å². The molecule has 0 bridgehead atoms. The van der Waals surface area contributed by atoms with Crippen LogP contribution in [0.4, 0.5) is 9.39 Å². The second-order valence-corrected chi connectivity index (χ2v) is 7.44. The fourth-order valence-electron chi connectivity index (χ4n) is 3.07. The lowest BCUT2D eigenvalue weighted by Crippen LogP contribution is -2.24. The number of rotatable bonds is 6. The fourth-order valence-corrected chi connectivity index (χ4v) is 4.33. The maximum atomic E-state index is 12.9. The number of carbonyl (C=O) groups is 1. The van der Waals surface area contributed by atoms with Crippen molar-refractivity contribution in [2.75, 3.05) is 18.9 Å². The molecule has 0 saturated heterocycles. The van der Waals surface area contributed by atoms with Gasteiger partial charge < -0.3 is 10.2 Å². The van der Waals surface area contributed by atoms with Crippen molar-refractivity contribution in [3.05, 3.63) is 51.7 Å². The predicted molar refractivity (Wildman–Crippen MR) is 97.0 cm³/mol. The number of aryl methyl sites for hydroxylation is 1. The molecule has 2 aromatic rings. The van der Waals surface area contributed by atoms with Crippen molar-refractivity contribution in [2.24, 2.45) is 0 Å². The Morgan fingerprint density at radius 2 is 2.12 bits per heavy atom. The Morgan fingerprint density at radius 1 is 1.36 bits per heavy atom. The number of carbonyl (C=O) groups excluding carboxylic acids is 1. The van der Waals surface area contributed by atoms with Crippen molar-refractivity contribution < 1.29 is 9.18 Å². The molecule has 0 fully saturated rings. The molecule has 1 aromatic heterocycles. The van der Waals surface area contributed by atoms with Gasteiger partial charge in [0.05, 0.1) is 5.56 Å². The molecule has 3 rings (SSSR count). The summed E-state index contributed by atoms with van der Waals surface area (Å²) in [6.45, 7) is 1.25. The zero-order valence-corrected chi connectivity index (χ0v) is 15.0. The molecular formula is C19H20FN3OS. The average Bonchev–Trinajstić information content (AvgIpc) is 3.15. The lowest BCUT2D eigenvalue weighted by Gasteiger charge is -2.16. The molecular weight excluding hydrogens is 337 g/mol. The van der Waals surface area contributed by atoms with Gasteiger partial charge in [-0.15, -0.1) is 11.3 Å². The number of amides is 1. The van der Waals surface area contributed by atoms with E-state index in [0.29, 0.717) is 30.1 Å². The largest absolute Gasteiger partial charge is 0.317 e. The molecule has 0 unspecified atom stereocenters. The van der Waals surface area contributed by atoms with Gasteiger partial charge in [-0.25, -0.2) is 4.39 Å². The highest BCUT2D eigenvalue weighted by Gasteiger charge is 2.23. The number of nitriles is 1. The van der Waals surface area contributed by atoms with Gasteiger partial charge in [-0.05, 0) is 49.6 Å². The van der Waals surface area contributed by atoms with Crippen molar-refractivity contribution in [2.45, 2.75) is 32.2 Å². The zero-order chi connectivity index (χ0) is 17.8. The molecule has 0 atom stereocenters. The Bertz CT molecular complexity index is 807. The number of halogens is 1. The minimum absolute atomic E-state index is 0.0811. The van der Waals surface area contributed by atoms with E-state index in [0.717, 1.165) is 30.4 Å². The summed E-state index contributed by atoms with van der Waals surface area (Å²) < 4.78 is 12.9. The van der Waals surface area contributed by atoms with Crippen LogP contribution in [0.1, 0.15) is 34.4 Å². The van der Waals surface area contributed by atoms with Crippen LogP contribution in [0.5, 0.6) is 0 Å². The first kappa shape index (κ1) is 17.6. The monoisotopic (exact) mass is 357 g/mol. The summed E-state index contributed by atoms with van der Waals surface area (Å²) >= 11 is 1.54. The maximum absolute atomic E-state index is 12.9. The number of thiophene rings is 1. The third-order valence-corrected chi connectivity index (χ3v) is 5.58. The molecule has 1 amide bonds. The van der Waals surface area contributed by atoms with E-state index in [1.807, 2.05) is 11.9 Å². The normalized spacial score (nSPS) is 12.9. The molecule has 1 aromatic carbocycles. The minimum atomic E-state index is -0.248. The van der Waals surface area contributed by atoms with Crippen molar-refractivity contribution in [3.8, 4) is 6.07 Å². The first-order valence-corrected chi connectivity index (χ1v) is 9.16. The van der Waals surface area contributed by atoms with Gasteiger partial charge in [-0.3, -0.25) is 4.79 Å². The summed E-state index contributed by atoms with van der Waals surface area (Å²) in [7, 11) is 1.93. The molecule has 25 heavy (non-hydrogen) atoms. The average molecular weight is 357 g/mol. The highest BCUT2D eigenvalue weighted by molar-refractivity contribution is 7.16. The number of fused-ring (bicyclic) bond motifs is 1. The number of nitrogens with one attached hydrogen (secondary N) is 1. The molecule has 1 N–H and O–H groups in total. The Morgan fingerprint density at radius 3 is 2.84 bits per heavy atom. The second-order valence-electron chi connectivity index (χ2n) is 6.34. The topological polar surface area (TPSA) is 56.1 Å². The van der Waals surface area contributed by atoms with Crippen molar-refractivity contribution in [3.63, 3.8) is 0 Å². The van der Waals surface area contributed by atoms with E-state index in [4.69, 9.17) is 0 Å². The van der Waals surface area contributed by atoms with Crippen LogP contribution in [-0.4, -0.2) is 24.4 Å². The molecule has 1 aliphatic carbocycles. The third kappa shape index (κ3) is 4.25. The summed E-state index contributed by atoms with van der Waals surface area (Å²) in [6, 6.07) is 8.61. The van der Waals surface area contributed by atoms with Gasteiger partial charge in [-0.1, -0.05) is 12.1 Å². The van der Waals surface area contributed by atoms with E-state index in [2.05, 4.69) is 11.4 Å². The van der Waals surface area contributed by atoms with Gasteiger partial charge >= 0.3 is 0 Å². The van der Waals surface area contributed by atoms with Crippen LogP contribution in [0.2, 0.25) is 0 Å². The number of hydrogen-bond donors (Lipinski definition) is 1. The lowest BCUT2D eigenvalue weighted by atomic mass is 10.1. The van der Waals surface area contributed by atoms with Crippen LogP contribution in [0.3, 0.4) is 0 Å². The lowest BCUT2D eigenvalue weighted by molar-refractivity contribution is -0.116. The highest BCUT2D eigenvalue weighted by atomic mass is 32.1. The van der Waals surface area contributed by atoms with Crippen LogP contribution >= 0.6 is 11.3 Å². The van der Waals surface area contributed by atoms with E-state index < -0.39 is 0 Å². The van der Waals surface area contributed by atoms with Gasteiger partial charge in [0.25, 0.3) is 0 Å². The first-order valence-electron chi connectivity index (χ1n) is 8.34. The first-order chi connectivity index (χ1) is 12.1. The van der Waals surface area contributed by atoms with E-state index in [1.54, 1.807) is 12.1 Å². The van der Waals surface area contributed by atoms with Crippen LogP contribution < -0.4 is 5.32 Å². The van der Waals surface area contributed by atoms with E-state index in [1.165, 1.54) is 28.3 Å². The number of nitrogens with zero attached hydrogens (tertiary/aromatic N) is 2. The molecule has 0 saturated carbocycles. The van der Waals surface area contributed by atoms with Crippen LogP contribution in [0.25, 0.3) is 0 Å². The second kappa shape index (κ2) is 7.77. The van der Waals surface area contributed by atoms with Crippen molar-refractivity contribution >= 4 is 22.2 Å². The summed E-state index contributed by atoms with van der Waals surface area (Å²) in [5, 5.41) is 12.9. The van der Waals surface area contributed by atoms with E-state index in [9.17, 15) is 14.4 Å². The number of hydrogen-bond acceptors (Lipinski definition) is 4. The molecule has 0 spiro atoms. The Balaban J connectivity index is 1.51. The molecule has 4 nitrogen and oxygen atoms in total. The van der Waals surface area contributed by atoms with Crippen molar-refractivity contribution in [1.29, 1.82) is 5.26 Å². The SMILES string of the molecule is CN(CCC(=O)Nc1sc2c(c1C#N)CCC2)Cc1ccc(F)cc1. The summed E-state index contributed by atoms with van der Waals surface area (Å²) in [6.07, 6.45) is 3.39. The van der Waals surface area contributed by atoms with Crippen LogP contribution in [-0.2, 0) is 24.2 Å². The van der Waals surface area contributed by atoms with E-state index >= 15 is 0 Å². The number of anilines is 1. The molecule has 0 aliphatic heterocycles. The van der Waals surface area contributed by atoms with Crippen LogP contribution in [0, 0.1) is 17.1 Å². The Hall–Kier alpha value is -2.23. The molecule has 1 aliphatic rings. The standard InChI is InChI=1S/C19H20FN3OS/c1-23(12-13-5-7-14(20)8-6-13)10-9-18(24)22-19-16(11-21)15-3-2-4-17(15)25-19/h5-8H,2-4,9-10,12H2,1H3,(H,22,24). The third-order valence-electron chi connectivity index (χ3n) is 4.37. The maximum Gasteiger partial charge on any atom is 0.226 e. The summed E-state index contributed by atoms with van der Waals surface area (Å²) in [5.74, 6) is -0.329. The molecule has 0 radical (unpaired) electrons. The number of benzene rings is 1. The fraction of sp³-hybridized carbons (Fsp3) is 0.368. The van der Waals surface area contributed by atoms with Gasteiger partial charge in [0.15, 0.2) is 0 Å². The van der Waals surface area contributed by atoms with Crippen molar-refractivity contribution in [1.82, 2.24) is 4.90 Å². The Kier molecular flexibility index (Phi) is 5.47. The smallest absolute Gasteiger partial charge is 0.226 e. The van der Waals surface area contributed by atoms with Crippen LogP contribution in [0.15, 0.2) is 24.3 Å². The molecule has 6 heteroatoms. The van der Waals surface area contributed by atoms with Gasteiger partial charge in [0.1, 0.15) is 16.9 Å². The predicted octanol–water partition coefficient (Wildman–Crippen LogP) is 3.71. The minimum Gasteiger partial charge on any atom is -0.317 e. The zero-order valence-electron chi connectivity index (χ0n) is 14.1. The summed E-state index contributed by atoms with van der Waals surface area (Å²) in [5.41, 5.74) is 2.77. The molecule has 1 heterocycles. The summed E-state index contributed by atoms with van der Waals surface area (Å²) in [4.78, 5) is 15.5. The highest BCUT2D eigenvalue weighted by Crippen LogP contribution is 2.38. The molecule has 130 valence electrons. The Labute approximate surface area is 150 Å².